The van der Waals surface area contributed by atoms with Crippen molar-refractivity contribution in [2.24, 2.45) is 5.73 Å². The molecule has 0 aliphatic carbocycles. The van der Waals surface area contributed by atoms with Crippen molar-refractivity contribution in [3.63, 3.8) is 0 Å². The molecule has 3 N–H and O–H groups in total. The highest BCUT2D eigenvalue weighted by atomic mass is 32.2. The second kappa shape index (κ2) is 6.27. The van der Waals surface area contributed by atoms with Crippen molar-refractivity contribution in [2.45, 2.75) is 11.7 Å². The van der Waals surface area contributed by atoms with E-state index in [4.69, 9.17) is 5.73 Å². The molecule has 20 heavy (non-hydrogen) atoms. The maximum atomic E-state index is 12.9. The Hall–Kier alpha value is -1.54. The van der Waals surface area contributed by atoms with Gasteiger partial charge in [-0.25, -0.2) is 17.2 Å². The van der Waals surface area contributed by atoms with Crippen LogP contribution in [0.1, 0.15) is 15.9 Å². The predicted octanol–water partition coefficient (Wildman–Crippen LogP) is 0.555. The molecule has 8 heteroatoms. The second-order valence-electron chi connectivity index (χ2n) is 4.51. The Kier molecular flexibility index (Phi) is 5.18. The van der Waals surface area contributed by atoms with Crippen molar-refractivity contribution in [1.82, 2.24) is 5.32 Å². The minimum Gasteiger partial charge on any atom is -0.346 e. The Morgan fingerprint density at radius 1 is 1.30 bits per heavy atom. The van der Waals surface area contributed by atoms with E-state index >= 15 is 0 Å². The number of amides is 1. The van der Waals surface area contributed by atoms with E-state index in [1.807, 2.05) is 0 Å². The lowest BCUT2D eigenvalue weighted by Crippen LogP contribution is -2.41. The van der Waals surface area contributed by atoms with Crippen molar-refractivity contribution >= 4 is 15.7 Å². The molecule has 0 aliphatic rings. The summed E-state index contributed by atoms with van der Waals surface area (Å²) in [5, 5.41) is 2.07. The van der Waals surface area contributed by atoms with Gasteiger partial charge in [0.1, 0.15) is 0 Å². The minimum absolute atomic E-state index is 0.139. The molecule has 0 heterocycles. The molecule has 1 rings (SSSR count). The Balaban J connectivity index is 2.67. The summed E-state index contributed by atoms with van der Waals surface area (Å²) < 4.78 is 47.9. The lowest BCUT2D eigenvalue weighted by atomic mass is 10.1. The number of sulfone groups is 1. The van der Waals surface area contributed by atoms with Gasteiger partial charge in [-0.2, -0.15) is 0 Å². The lowest BCUT2D eigenvalue weighted by molar-refractivity contribution is 0.0118. The van der Waals surface area contributed by atoms with Crippen LogP contribution in [0.3, 0.4) is 0 Å². The highest BCUT2D eigenvalue weighted by Crippen LogP contribution is 2.11. The number of carbonyl (C=O) groups excluding carboxylic acids is 1. The van der Waals surface area contributed by atoms with Crippen LogP contribution < -0.4 is 11.1 Å². The first-order chi connectivity index (χ1) is 9.13. The van der Waals surface area contributed by atoms with Gasteiger partial charge in [-0.3, -0.25) is 4.79 Å². The molecule has 0 radical (unpaired) electrons. The van der Waals surface area contributed by atoms with E-state index in [2.05, 4.69) is 5.32 Å². The molecule has 1 amide bonds. The zero-order valence-electron chi connectivity index (χ0n) is 10.9. The van der Waals surface area contributed by atoms with Gasteiger partial charge in [0.2, 0.25) is 0 Å². The normalized spacial score (nSPS) is 12.2. The molecule has 0 spiro atoms. The largest absolute Gasteiger partial charge is 0.346 e. The van der Waals surface area contributed by atoms with Crippen molar-refractivity contribution < 1.29 is 22.0 Å². The molecule has 0 saturated heterocycles. The highest BCUT2D eigenvalue weighted by molar-refractivity contribution is 7.89. The number of nitrogens with two attached hydrogens (primary N) is 1. The summed E-state index contributed by atoms with van der Waals surface area (Å²) in [6.45, 7) is -1.69. The monoisotopic (exact) mass is 306 g/mol. The van der Waals surface area contributed by atoms with Crippen LogP contribution in [0.15, 0.2) is 24.3 Å². The number of nitrogens with one attached hydrogen (secondary N) is 1. The van der Waals surface area contributed by atoms with Crippen LogP contribution in [0.25, 0.3) is 0 Å². The molecule has 0 aliphatic heterocycles. The molecular formula is C12H16F2N2O3S. The van der Waals surface area contributed by atoms with Crippen molar-refractivity contribution in [3.8, 4) is 0 Å². The van der Waals surface area contributed by atoms with Crippen LogP contribution in [0.2, 0.25) is 0 Å². The van der Waals surface area contributed by atoms with Gasteiger partial charge < -0.3 is 11.1 Å². The van der Waals surface area contributed by atoms with Crippen molar-refractivity contribution in [3.05, 3.63) is 35.4 Å². The first kappa shape index (κ1) is 16.5. The van der Waals surface area contributed by atoms with E-state index in [0.29, 0.717) is 5.56 Å². The molecule has 5 nitrogen and oxygen atoms in total. The topological polar surface area (TPSA) is 89.3 Å². The van der Waals surface area contributed by atoms with Gasteiger partial charge >= 0.3 is 0 Å². The summed E-state index contributed by atoms with van der Waals surface area (Å²) in [5.41, 5.74) is 5.55. The Labute approximate surface area is 116 Å². The predicted molar refractivity (Wildman–Crippen MR) is 71.3 cm³/mol. The van der Waals surface area contributed by atoms with Gasteiger partial charge in [-0.15, -0.1) is 0 Å². The number of carbonyl (C=O) groups is 1. The Morgan fingerprint density at radius 2 is 1.85 bits per heavy atom. The third kappa shape index (κ3) is 5.62. The fraction of sp³-hybridized carbons (Fsp3) is 0.417. The third-order valence-corrected chi connectivity index (χ3v) is 3.31. The second-order valence-corrected chi connectivity index (χ2v) is 6.65. The number of rotatable bonds is 6. The van der Waals surface area contributed by atoms with Gasteiger partial charge in [-0.1, -0.05) is 12.1 Å². The molecule has 0 saturated carbocycles. The molecule has 112 valence electrons. The number of alkyl halides is 2. The van der Waals surface area contributed by atoms with E-state index in [1.54, 1.807) is 0 Å². The summed E-state index contributed by atoms with van der Waals surface area (Å²) >= 11 is 0. The smallest absolute Gasteiger partial charge is 0.277 e. The molecule has 0 atom stereocenters. The van der Waals surface area contributed by atoms with Crippen LogP contribution in [-0.4, -0.2) is 39.6 Å². The number of benzene rings is 1. The van der Waals surface area contributed by atoms with E-state index in [0.717, 1.165) is 6.26 Å². The van der Waals surface area contributed by atoms with Gasteiger partial charge in [-0.05, 0) is 17.7 Å². The summed E-state index contributed by atoms with van der Waals surface area (Å²) in [5.74, 6) is -3.95. The first-order valence-electron chi connectivity index (χ1n) is 5.76. The molecular weight excluding hydrogens is 290 g/mol. The van der Waals surface area contributed by atoms with Gasteiger partial charge in [0.25, 0.3) is 11.8 Å². The van der Waals surface area contributed by atoms with E-state index in [-0.39, 0.29) is 11.3 Å². The number of halogens is 2. The molecule has 0 fully saturated rings. The van der Waals surface area contributed by atoms with Crippen molar-refractivity contribution in [2.75, 3.05) is 19.3 Å². The van der Waals surface area contributed by atoms with Crippen LogP contribution in [0.4, 0.5) is 8.78 Å². The summed E-state index contributed by atoms with van der Waals surface area (Å²) in [6, 6.07) is 5.71. The van der Waals surface area contributed by atoms with Gasteiger partial charge in [0.05, 0.1) is 18.8 Å². The standard InChI is InChI=1S/C12H16F2N2O3S/c1-20(18,19)6-9-2-4-10(5-3-9)11(17)16-8-12(13,14)7-15/h2-5H,6-8,15H2,1H3,(H,16,17). The average molecular weight is 306 g/mol. The average Bonchev–Trinajstić information content (AvgIpc) is 2.35. The molecule has 0 unspecified atom stereocenters. The molecule has 0 aromatic heterocycles. The SMILES string of the molecule is CS(=O)(=O)Cc1ccc(C(=O)NCC(F)(F)CN)cc1. The van der Waals surface area contributed by atoms with Crippen molar-refractivity contribution in [1.29, 1.82) is 0 Å². The van der Waals surface area contributed by atoms with Gasteiger partial charge in [0.15, 0.2) is 9.84 Å². The third-order valence-electron chi connectivity index (χ3n) is 2.45. The first-order valence-corrected chi connectivity index (χ1v) is 7.82. The molecule has 1 aromatic rings. The zero-order valence-corrected chi connectivity index (χ0v) is 11.7. The van der Waals surface area contributed by atoms with Crippen LogP contribution in [-0.2, 0) is 15.6 Å². The maximum Gasteiger partial charge on any atom is 0.277 e. The molecule has 1 aromatic carbocycles. The fourth-order valence-electron chi connectivity index (χ4n) is 1.44. The van der Waals surface area contributed by atoms with E-state index in [9.17, 15) is 22.0 Å². The zero-order chi connectivity index (χ0) is 15.4. The van der Waals surface area contributed by atoms with Crippen LogP contribution in [0, 0.1) is 0 Å². The highest BCUT2D eigenvalue weighted by Gasteiger charge is 2.27. The van der Waals surface area contributed by atoms with E-state index < -0.39 is 34.8 Å². The van der Waals surface area contributed by atoms with Crippen LogP contribution >= 0.6 is 0 Å². The Bertz CT molecular complexity index is 571. The Morgan fingerprint density at radius 3 is 2.30 bits per heavy atom. The summed E-state index contributed by atoms with van der Waals surface area (Å²) in [6.07, 6.45) is 1.10. The lowest BCUT2D eigenvalue weighted by Gasteiger charge is -2.14. The molecule has 0 bridgehead atoms. The summed E-state index contributed by atoms with van der Waals surface area (Å²) in [4.78, 5) is 11.6. The quantitative estimate of drug-likeness (QED) is 0.803. The number of hydrogen-bond donors (Lipinski definition) is 2. The maximum absolute atomic E-state index is 12.9. The van der Waals surface area contributed by atoms with Crippen LogP contribution in [0.5, 0.6) is 0 Å². The number of hydrogen-bond acceptors (Lipinski definition) is 4. The van der Waals surface area contributed by atoms with E-state index in [1.165, 1.54) is 24.3 Å². The fourth-order valence-corrected chi connectivity index (χ4v) is 2.24. The summed E-state index contributed by atoms with van der Waals surface area (Å²) in [7, 11) is -3.16. The minimum atomic E-state index is -3.16. The van der Waals surface area contributed by atoms with Gasteiger partial charge in [0, 0.05) is 11.8 Å².